The van der Waals surface area contributed by atoms with Crippen LogP contribution in [0.1, 0.15) is 31.7 Å². The third-order valence-electron chi connectivity index (χ3n) is 3.84. The van der Waals surface area contributed by atoms with Crippen LogP contribution in [-0.4, -0.2) is 48.0 Å². The van der Waals surface area contributed by atoms with E-state index in [1.54, 1.807) is 6.07 Å². The predicted octanol–water partition coefficient (Wildman–Crippen LogP) is 2.01. The summed E-state index contributed by atoms with van der Waals surface area (Å²) in [6, 6.07) is 3.91. The molecule has 0 unspecified atom stereocenters. The number of rotatable bonds is 6. The summed E-state index contributed by atoms with van der Waals surface area (Å²) in [5.74, 6) is 0.708. The summed E-state index contributed by atoms with van der Waals surface area (Å²) in [5, 5.41) is 15.5. The van der Waals surface area contributed by atoms with Crippen LogP contribution in [0, 0.1) is 11.3 Å². The molecule has 124 valence electrons. The van der Waals surface area contributed by atoms with Crippen molar-refractivity contribution in [2.24, 2.45) is 0 Å². The predicted molar refractivity (Wildman–Crippen MR) is 90.3 cm³/mol. The molecule has 1 aliphatic rings. The highest BCUT2D eigenvalue weighted by Crippen LogP contribution is 2.23. The number of carbonyl (C=O) groups is 1. The molecule has 1 aromatic rings. The number of anilines is 1. The van der Waals surface area contributed by atoms with Crippen molar-refractivity contribution in [1.82, 2.24) is 15.2 Å². The van der Waals surface area contributed by atoms with E-state index in [0.29, 0.717) is 22.9 Å². The number of aromatic nitrogens is 1. The van der Waals surface area contributed by atoms with Crippen LogP contribution in [0.15, 0.2) is 12.3 Å². The number of pyridine rings is 1. The second-order valence-electron chi connectivity index (χ2n) is 5.71. The topological polar surface area (TPSA) is 81.1 Å². The molecule has 1 saturated heterocycles. The molecule has 1 aliphatic heterocycles. The zero-order chi connectivity index (χ0) is 16.7. The maximum Gasteiger partial charge on any atom is 0.234 e. The molecule has 23 heavy (non-hydrogen) atoms. The number of likely N-dealkylation sites (tertiary alicyclic amines) is 1. The van der Waals surface area contributed by atoms with Crippen molar-refractivity contribution in [2.75, 3.05) is 31.5 Å². The van der Waals surface area contributed by atoms with E-state index < -0.39 is 0 Å². The van der Waals surface area contributed by atoms with Gasteiger partial charge in [-0.25, -0.2) is 4.98 Å². The van der Waals surface area contributed by atoms with Crippen molar-refractivity contribution in [3.05, 3.63) is 22.8 Å². The van der Waals surface area contributed by atoms with Crippen LogP contribution in [0.2, 0.25) is 5.02 Å². The fraction of sp³-hybridized carbons (Fsp3) is 0.562. The van der Waals surface area contributed by atoms with Gasteiger partial charge in [-0.05, 0) is 25.3 Å². The third kappa shape index (κ3) is 5.38. The van der Waals surface area contributed by atoms with Crippen LogP contribution in [0.25, 0.3) is 0 Å². The minimum atomic E-state index is 0.0927. The van der Waals surface area contributed by atoms with Crippen molar-refractivity contribution in [3.8, 4) is 6.07 Å². The van der Waals surface area contributed by atoms with Gasteiger partial charge in [0.1, 0.15) is 11.9 Å². The molecule has 0 aliphatic carbocycles. The zero-order valence-electron chi connectivity index (χ0n) is 13.3. The summed E-state index contributed by atoms with van der Waals surface area (Å²) in [7, 11) is 0. The van der Waals surface area contributed by atoms with Gasteiger partial charge in [-0.3, -0.25) is 9.69 Å². The fourth-order valence-corrected chi connectivity index (χ4v) is 2.78. The molecule has 2 heterocycles. The number of piperidine rings is 1. The van der Waals surface area contributed by atoms with Crippen LogP contribution in [0.3, 0.4) is 0 Å². The molecule has 1 amide bonds. The summed E-state index contributed by atoms with van der Waals surface area (Å²) < 4.78 is 0. The highest BCUT2D eigenvalue weighted by Gasteiger charge is 2.21. The van der Waals surface area contributed by atoms with E-state index in [2.05, 4.69) is 20.5 Å². The Morgan fingerprint density at radius 1 is 1.52 bits per heavy atom. The zero-order valence-corrected chi connectivity index (χ0v) is 14.1. The quantitative estimate of drug-likeness (QED) is 0.831. The molecule has 0 bridgehead atoms. The molecule has 1 aromatic heterocycles. The smallest absolute Gasteiger partial charge is 0.234 e. The number of hydrogen-bond donors (Lipinski definition) is 2. The Morgan fingerprint density at radius 3 is 2.87 bits per heavy atom. The number of amides is 1. The Bertz CT molecular complexity index is 578. The van der Waals surface area contributed by atoms with Gasteiger partial charge >= 0.3 is 0 Å². The van der Waals surface area contributed by atoms with Gasteiger partial charge < -0.3 is 10.6 Å². The van der Waals surface area contributed by atoms with Crippen LogP contribution in [-0.2, 0) is 4.79 Å². The molecule has 0 aromatic carbocycles. The summed E-state index contributed by atoms with van der Waals surface area (Å²) in [5.41, 5.74) is 0.452. The first-order valence-electron chi connectivity index (χ1n) is 7.93. The highest BCUT2D eigenvalue weighted by atomic mass is 35.5. The van der Waals surface area contributed by atoms with Gasteiger partial charge in [0, 0.05) is 31.9 Å². The van der Waals surface area contributed by atoms with Crippen molar-refractivity contribution in [1.29, 1.82) is 5.26 Å². The lowest BCUT2D eigenvalue weighted by atomic mass is 10.0. The van der Waals surface area contributed by atoms with E-state index in [0.717, 1.165) is 38.9 Å². The second kappa shape index (κ2) is 8.70. The minimum Gasteiger partial charge on any atom is -0.366 e. The van der Waals surface area contributed by atoms with Gasteiger partial charge in [-0.15, -0.1) is 0 Å². The molecule has 0 spiro atoms. The molecular weight excluding hydrogens is 314 g/mol. The fourth-order valence-electron chi connectivity index (χ4n) is 2.56. The summed E-state index contributed by atoms with van der Waals surface area (Å²) in [6.45, 7) is 4.97. The van der Waals surface area contributed by atoms with Gasteiger partial charge in [0.05, 0.1) is 17.1 Å². The number of nitrogens with zero attached hydrogens (tertiary/aromatic N) is 3. The first-order valence-corrected chi connectivity index (χ1v) is 8.31. The van der Waals surface area contributed by atoms with E-state index in [-0.39, 0.29) is 11.9 Å². The Balaban J connectivity index is 1.79. The van der Waals surface area contributed by atoms with Crippen LogP contribution in [0.5, 0.6) is 0 Å². The minimum absolute atomic E-state index is 0.0927. The van der Waals surface area contributed by atoms with Gasteiger partial charge in [-0.2, -0.15) is 5.26 Å². The Hall–Kier alpha value is -1.84. The molecule has 1 fully saturated rings. The van der Waals surface area contributed by atoms with Crippen molar-refractivity contribution in [3.63, 3.8) is 0 Å². The molecule has 7 heteroatoms. The first-order chi connectivity index (χ1) is 11.1. The molecule has 2 N–H and O–H groups in total. The van der Waals surface area contributed by atoms with E-state index in [4.69, 9.17) is 16.9 Å². The van der Waals surface area contributed by atoms with E-state index >= 15 is 0 Å². The summed E-state index contributed by atoms with van der Waals surface area (Å²) in [6.07, 6.45) is 4.33. The van der Waals surface area contributed by atoms with Crippen molar-refractivity contribution >= 4 is 23.3 Å². The molecule has 0 saturated carbocycles. The number of carbonyl (C=O) groups excluding carboxylic acids is 1. The summed E-state index contributed by atoms with van der Waals surface area (Å²) in [4.78, 5) is 18.1. The van der Waals surface area contributed by atoms with Crippen LogP contribution in [0.4, 0.5) is 5.82 Å². The summed E-state index contributed by atoms with van der Waals surface area (Å²) >= 11 is 6.13. The monoisotopic (exact) mass is 335 g/mol. The molecule has 6 nitrogen and oxygen atoms in total. The lowest BCUT2D eigenvalue weighted by molar-refractivity contribution is -0.122. The molecular formula is C16H22ClN5O. The van der Waals surface area contributed by atoms with Crippen molar-refractivity contribution < 1.29 is 4.79 Å². The Morgan fingerprint density at radius 2 is 2.26 bits per heavy atom. The van der Waals surface area contributed by atoms with Gasteiger partial charge in [0.25, 0.3) is 0 Å². The first kappa shape index (κ1) is 17.5. The largest absolute Gasteiger partial charge is 0.366 e. The molecule has 0 radical (unpaired) electrons. The average Bonchev–Trinajstić information content (AvgIpc) is 2.56. The van der Waals surface area contributed by atoms with Gasteiger partial charge in [0.2, 0.25) is 5.91 Å². The number of halogens is 1. The lowest BCUT2D eigenvalue weighted by Crippen LogP contribution is -2.44. The maximum atomic E-state index is 11.7. The third-order valence-corrected chi connectivity index (χ3v) is 4.13. The molecule has 2 rings (SSSR count). The van der Waals surface area contributed by atoms with Gasteiger partial charge in [-0.1, -0.05) is 18.5 Å². The number of nitriles is 1. The standard InChI is InChI=1S/C16H22ClN5O/c1-2-5-19-15(23)11-22-6-3-13(4-7-22)21-16-14(17)8-12(9-18)10-20-16/h8,10,13H,2-7,11H2,1H3,(H,19,23)(H,20,21). The van der Waals surface area contributed by atoms with Gasteiger partial charge in [0.15, 0.2) is 0 Å². The second-order valence-corrected chi connectivity index (χ2v) is 6.12. The van der Waals surface area contributed by atoms with Crippen LogP contribution < -0.4 is 10.6 Å². The van der Waals surface area contributed by atoms with E-state index in [1.807, 2.05) is 13.0 Å². The van der Waals surface area contributed by atoms with E-state index in [9.17, 15) is 4.79 Å². The highest BCUT2D eigenvalue weighted by molar-refractivity contribution is 6.33. The van der Waals surface area contributed by atoms with Crippen molar-refractivity contribution in [2.45, 2.75) is 32.2 Å². The SMILES string of the molecule is CCCNC(=O)CN1CCC(Nc2ncc(C#N)cc2Cl)CC1. The maximum absolute atomic E-state index is 11.7. The molecule has 0 atom stereocenters. The lowest BCUT2D eigenvalue weighted by Gasteiger charge is -2.32. The normalized spacial score (nSPS) is 15.9. The van der Waals surface area contributed by atoms with Crippen LogP contribution >= 0.6 is 11.6 Å². The Labute approximate surface area is 141 Å². The average molecular weight is 336 g/mol. The van der Waals surface area contributed by atoms with E-state index in [1.165, 1.54) is 6.20 Å². The number of nitrogens with one attached hydrogen (secondary N) is 2. The Kier molecular flexibility index (Phi) is 6.63. The number of hydrogen-bond acceptors (Lipinski definition) is 5.